The van der Waals surface area contributed by atoms with Crippen LogP contribution in [0.2, 0.25) is 0 Å². The number of methoxy groups -OCH3 is 1. The van der Waals surface area contributed by atoms with Gasteiger partial charge in [0.15, 0.2) is 23.1 Å². The van der Waals surface area contributed by atoms with Crippen LogP contribution in [0, 0.1) is 11.7 Å². The zero-order chi connectivity index (χ0) is 26.2. The molecule has 0 radical (unpaired) electrons. The first kappa shape index (κ1) is 31.0. The second kappa shape index (κ2) is 17.4. The zero-order valence-corrected chi connectivity index (χ0v) is 24.3. The van der Waals surface area contributed by atoms with Gasteiger partial charge in [0, 0.05) is 59.7 Å². The van der Waals surface area contributed by atoms with Gasteiger partial charge in [-0.15, -0.1) is 0 Å². The van der Waals surface area contributed by atoms with E-state index in [1.165, 1.54) is 48.0 Å². The average Bonchev–Trinajstić information content (AvgIpc) is 3.31. The molecule has 8 nitrogen and oxygen atoms in total. The van der Waals surface area contributed by atoms with Crippen LogP contribution in [0.1, 0.15) is 66.7 Å². The van der Waals surface area contributed by atoms with E-state index in [-0.39, 0.29) is 11.9 Å². The summed E-state index contributed by atoms with van der Waals surface area (Å²) >= 11 is 2.20. The smallest absolute Gasteiger partial charge is 0.292 e. The molecule has 3 heterocycles. The molecule has 4 rings (SSSR count). The predicted octanol–water partition coefficient (Wildman–Crippen LogP) is 7.10. The molecule has 0 aromatic carbocycles. The zero-order valence-electron chi connectivity index (χ0n) is 21.3. The van der Waals surface area contributed by atoms with Crippen molar-refractivity contribution in [2.45, 2.75) is 72.8 Å². The molecule has 1 N–H and O–H groups in total. The molecule has 1 fully saturated rings. The van der Waals surface area contributed by atoms with E-state index in [2.05, 4.69) is 58.1 Å². The van der Waals surface area contributed by atoms with Crippen molar-refractivity contribution < 1.29 is 13.9 Å². The minimum Gasteiger partial charge on any atom is -0.471 e. The number of hydrogen-bond acceptors (Lipinski definition) is 8. The highest BCUT2D eigenvalue weighted by atomic mass is 127. The van der Waals surface area contributed by atoms with Gasteiger partial charge in [-0.2, -0.15) is 0 Å². The van der Waals surface area contributed by atoms with Gasteiger partial charge in [0.25, 0.3) is 6.47 Å². The second-order valence-electron chi connectivity index (χ2n) is 7.12. The van der Waals surface area contributed by atoms with E-state index in [1.54, 1.807) is 6.20 Å². The molecular weight excluding hydrogens is 582 g/mol. The number of aromatic nitrogens is 5. The number of nitrogens with zero attached hydrogens (tertiary/aromatic N) is 5. The highest BCUT2D eigenvalue weighted by Crippen LogP contribution is 2.33. The number of nitrogens with one attached hydrogen (secondary N) is 1. The lowest BCUT2D eigenvalue weighted by Gasteiger charge is -2.32. The normalized spacial score (nSPS) is 16.5. The van der Waals surface area contributed by atoms with Gasteiger partial charge in [0.05, 0.1) is 13.3 Å². The van der Waals surface area contributed by atoms with Gasteiger partial charge < -0.3 is 10.1 Å². The van der Waals surface area contributed by atoms with E-state index in [0.29, 0.717) is 18.2 Å². The molecule has 1 aliphatic rings. The minimum atomic E-state index is -0.414. The van der Waals surface area contributed by atoms with Gasteiger partial charge in [-0.05, 0) is 18.8 Å². The van der Waals surface area contributed by atoms with E-state index in [9.17, 15) is 4.39 Å². The number of carbonyl (C=O) groups excluding carboxylic acids is 1. The summed E-state index contributed by atoms with van der Waals surface area (Å²) in [5.41, 5.74) is 1.59. The first-order chi connectivity index (χ1) is 17.1. The number of rotatable bonds is 6. The number of hydrogen-bond donors (Lipinski definition) is 1. The standard InChI is InChI=1S/C18H20FIN6S.C2H4O2.2C2H6/c1-2-11-5-3-4-6-15(11)24-17-14(19)8-22-16(25-17)13-9-26(27-20)18-12(13)7-21-10-23-18;1-4-2-3;2*1-2/h7-11,15H,2-6H2,1H3,(H,22,24,25);2H,1H3;2*1-2H3/t11-,15?;;;/m0.../s1. The van der Waals surface area contributed by atoms with Crippen molar-refractivity contribution in [3.05, 3.63) is 30.7 Å². The highest BCUT2D eigenvalue weighted by molar-refractivity contribution is 14.2. The van der Waals surface area contributed by atoms with Crippen LogP contribution in [-0.2, 0) is 9.53 Å². The highest BCUT2D eigenvalue weighted by Gasteiger charge is 2.25. The van der Waals surface area contributed by atoms with Crippen molar-refractivity contribution in [1.82, 2.24) is 23.9 Å². The maximum Gasteiger partial charge on any atom is 0.292 e. The van der Waals surface area contributed by atoms with Crippen LogP contribution in [0.3, 0.4) is 0 Å². The fourth-order valence-corrected chi connectivity index (χ4v) is 5.08. The summed E-state index contributed by atoms with van der Waals surface area (Å²) in [5.74, 6) is 0.904. The maximum atomic E-state index is 14.4. The third-order valence-corrected chi connectivity index (χ3v) is 7.05. The van der Waals surface area contributed by atoms with Crippen molar-refractivity contribution in [1.29, 1.82) is 0 Å². The Morgan fingerprint density at radius 2 is 1.91 bits per heavy atom. The molecule has 0 aliphatic heterocycles. The van der Waals surface area contributed by atoms with Gasteiger partial charge in [0.2, 0.25) is 0 Å². The van der Waals surface area contributed by atoms with E-state index in [1.807, 2.05) is 37.9 Å². The molecule has 3 aromatic heterocycles. The Morgan fingerprint density at radius 3 is 2.54 bits per heavy atom. The number of halogens is 2. The van der Waals surface area contributed by atoms with E-state index in [4.69, 9.17) is 4.79 Å². The van der Waals surface area contributed by atoms with Crippen LogP contribution in [0.4, 0.5) is 10.2 Å². The SMILES string of the molecule is CC.CC.CC[C@H]1CCCCC1Nc1nc(-c2cn(SI)c3ncncc23)ncc1F.COC=O. The summed E-state index contributed by atoms with van der Waals surface area (Å²) in [6.45, 7) is 10.6. The summed E-state index contributed by atoms with van der Waals surface area (Å²) in [4.78, 5) is 26.2. The minimum absolute atomic E-state index is 0.260. The summed E-state index contributed by atoms with van der Waals surface area (Å²) in [5, 5.41) is 4.21. The predicted molar refractivity (Wildman–Crippen MR) is 151 cm³/mol. The number of ether oxygens (including phenoxy) is 1. The molecule has 0 spiro atoms. The third-order valence-electron chi connectivity index (χ3n) is 5.35. The lowest BCUT2D eigenvalue weighted by molar-refractivity contribution is -0.126. The fourth-order valence-electron chi connectivity index (χ4n) is 3.83. The molecular formula is C24H36FIN6O2S. The molecule has 194 valence electrons. The molecule has 1 unspecified atom stereocenters. The summed E-state index contributed by atoms with van der Waals surface area (Å²) in [6.07, 6.45) is 12.2. The molecule has 2 atom stereocenters. The lowest BCUT2D eigenvalue weighted by Crippen LogP contribution is -2.32. The van der Waals surface area contributed by atoms with Crippen LogP contribution in [0.15, 0.2) is 24.9 Å². The Morgan fingerprint density at radius 1 is 1.23 bits per heavy atom. The monoisotopic (exact) mass is 618 g/mol. The first-order valence-corrected chi connectivity index (χ1v) is 15.3. The Bertz CT molecular complexity index is 1020. The topological polar surface area (TPSA) is 94.8 Å². The van der Waals surface area contributed by atoms with E-state index >= 15 is 0 Å². The van der Waals surface area contributed by atoms with Crippen LogP contribution in [0.25, 0.3) is 22.4 Å². The van der Waals surface area contributed by atoms with Crippen molar-refractivity contribution >= 4 is 53.6 Å². The van der Waals surface area contributed by atoms with Crippen molar-refractivity contribution in [3.63, 3.8) is 0 Å². The third kappa shape index (κ3) is 8.55. The van der Waals surface area contributed by atoms with Gasteiger partial charge in [-0.1, -0.05) is 53.9 Å². The van der Waals surface area contributed by atoms with Gasteiger partial charge in [0.1, 0.15) is 6.33 Å². The molecule has 3 aromatic rings. The second-order valence-corrected chi connectivity index (χ2v) is 8.84. The largest absolute Gasteiger partial charge is 0.471 e. The van der Waals surface area contributed by atoms with E-state index in [0.717, 1.165) is 29.4 Å². The van der Waals surface area contributed by atoms with Crippen molar-refractivity contribution in [2.75, 3.05) is 12.4 Å². The molecule has 1 aliphatic carbocycles. The first-order valence-electron chi connectivity index (χ1n) is 12.0. The lowest BCUT2D eigenvalue weighted by atomic mass is 9.83. The van der Waals surface area contributed by atoms with Crippen LogP contribution in [0.5, 0.6) is 0 Å². The number of carbonyl (C=O) groups is 1. The van der Waals surface area contributed by atoms with E-state index < -0.39 is 5.82 Å². The molecule has 35 heavy (non-hydrogen) atoms. The quantitative estimate of drug-likeness (QED) is 0.231. The summed E-state index contributed by atoms with van der Waals surface area (Å²) in [6, 6.07) is 0.260. The Hall–Kier alpha value is -2.02. The molecule has 0 saturated heterocycles. The van der Waals surface area contributed by atoms with Gasteiger partial charge in [-0.3, -0.25) is 8.77 Å². The Kier molecular flexibility index (Phi) is 15.4. The maximum absolute atomic E-state index is 14.4. The van der Waals surface area contributed by atoms with Gasteiger partial charge >= 0.3 is 0 Å². The number of fused-ring (bicyclic) bond motifs is 1. The van der Waals surface area contributed by atoms with Crippen molar-refractivity contribution in [2.24, 2.45) is 5.92 Å². The van der Waals surface area contributed by atoms with Crippen LogP contribution in [-0.4, -0.2) is 43.5 Å². The summed E-state index contributed by atoms with van der Waals surface area (Å²) < 4.78 is 20.2. The molecule has 11 heteroatoms. The number of anilines is 1. The molecule has 0 bridgehead atoms. The molecule has 0 amide bonds. The van der Waals surface area contributed by atoms with Crippen LogP contribution < -0.4 is 5.32 Å². The van der Waals surface area contributed by atoms with Crippen LogP contribution >= 0.6 is 30.3 Å². The Balaban J connectivity index is 0.000000684. The Labute approximate surface area is 224 Å². The average molecular weight is 619 g/mol. The summed E-state index contributed by atoms with van der Waals surface area (Å²) in [7, 11) is 2.82. The fraction of sp³-hybridized carbons (Fsp3) is 0.542. The van der Waals surface area contributed by atoms with Gasteiger partial charge in [-0.25, -0.2) is 24.3 Å². The van der Waals surface area contributed by atoms with Crippen molar-refractivity contribution in [3.8, 4) is 11.4 Å². The molecule has 1 saturated carbocycles.